The van der Waals surface area contributed by atoms with E-state index in [1.54, 1.807) is 41.3 Å². The monoisotopic (exact) mass is 493 g/mol. The number of nitrogens with zero attached hydrogens (tertiary/aromatic N) is 2. The average Bonchev–Trinajstić information content (AvgIpc) is 3.25. The molecule has 9 heteroatoms. The number of carbonyl (C=O) groups is 2. The molecule has 3 aromatic carbocycles. The number of para-hydroxylation sites is 1. The highest BCUT2D eigenvalue weighted by atomic mass is 35.5. The highest BCUT2D eigenvalue weighted by Crippen LogP contribution is 2.31. The minimum absolute atomic E-state index is 0.262. The van der Waals surface area contributed by atoms with Gasteiger partial charge in [0.2, 0.25) is 0 Å². The molecule has 0 radical (unpaired) electrons. The van der Waals surface area contributed by atoms with Crippen LogP contribution in [0.5, 0.6) is 0 Å². The van der Waals surface area contributed by atoms with Crippen molar-refractivity contribution in [1.82, 2.24) is 4.98 Å². The number of thioether (sulfide) groups is 1. The lowest BCUT2D eigenvalue weighted by Gasteiger charge is -2.08. The van der Waals surface area contributed by atoms with Crippen molar-refractivity contribution in [2.24, 2.45) is 0 Å². The Morgan fingerprint density at radius 2 is 1.91 bits per heavy atom. The molecule has 0 atom stereocenters. The molecule has 0 aliphatic heterocycles. The number of hydrogen-bond acceptors (Lipinski definition) is 7. The predicted octanol–water partition coefficient (Wildman–Crippen LogP) is 5.91. The Hall–Kier alpha value is -3.38. The van der Waals surface area contributed by atoms with Crippen molar-refractivity contribution in [3.63, 3.8) is 0 Å². The van der Waals surface area contributed by atoms with Crippen LogP contribution in [0.15, 0.2) is 71.1 Å². The molecule has 1 N–H and O–H groups in total. The van der Waals surface area contributed by atoms with Gasteiger partial charge in [-0.2, -0.15) is 5.26 Å². The molecule has 0 aliphatic rings. The summed E-state index contributed by atoms with van der Waals surface area (Å²) in [6, 6.07) is 21.5. The number of nitrogens with one attached hydrogen (secondary N) is 1. The van der Waals surface area contributed by atoms with Crippen molar-refractivity contribution in [3.05, 3.63) is 88.4 Å². The van der Waals surface area contributed by atoms with Crippen LogP contribution in [0, 0.1) is 11.3 Å². The molecule has 0 saturated carbocycles. The predicted molar refractivity (Wildman–Crippen MR) is 131 cm³/mol. The van der Waals surface area contributed by atoms with Gasteiger partial charge in [-0.05, 0) is 48.0 Å². The molecule has 0 unspecified atom stereocenters. The van der Waals surface area contributed by atoms with E-state index in [-0.39, 0.29) is 11.3 Å². The topological polar surface area (TPSA) is 92.1 Å². The standard InChI is InChI=1S/C24H16ClN3O3S2/c25-18-10-9-17(12-26)20(11-18)27-22(29)13-31-23(30)16-7-5-15(6-8-16)14-32-24-28-19-3-1-2-4-21(19)33-24/h1-11H,13-14H2,(H,27,29). The zero-order valence-electron chi connectivity index (χ0n) is 17.1. The summed E-state index contributed by atoms with van der Waals surface area (Å²) >= 11 is 9.19. The number of halogens is 1. The van der Waals surface area contributed by atoms with Crippen LogP contribution >= 0.6 is 34.7 Å². The Morgan fingerprint density at radius 1 is 1.12 bits per heavy atom. The van der Waals surface area contributed by atoms with Gasteiger partial charge in [-0.25, -0.2) is 9.78 Å². The van der Waals surface area contributed by atoms with E-state index in [2.05, 4.69) is 16.4 Å². The quantitative estimate of drug-likeness (QED) is 0.254. The van der Waals surface area contributed by atoms with Crippen molar-refractivity contribution in [1.29, 1.82) is 5.26 Å². The number of nitriles is 1. The van der Waals surface area contributed by atoms with Crippen molar-refractivity contribution >= 4 is 62.5 Å². The van der Waals surface area contributed by atoms with Gasteiger partial charge >= 0.3 is 5.97 Å². The number of hydrogen-bond donors (Lipinski definition) is 1. The largest absolute Gasteiger partial charge is 0.452 e. The van der Waals surface area contributed by atoms with E-state index in [9.17, 15) is 9.59 Å². The van der Waals surface area contributed by atoms with Gasteiger partial charge in [-0.3, -0.25) is 4.79 Å². The van der Waals surface area contributed by atoms with Crippen LogP contribution in [0.1, 0.15) is 21.5 Å². The molecular weight excluding hydrogens is 478 g/mol. The summed E-state index contributed by atoms with van der Waals surface area (Å²) in [5, 5.41) is 12.0. The summed E-state index contributed by atoms with van der Waals surface area (Å²) in [5.41, 5.74) is 2.90. The van der Waals surface area contributed by atoms with E-state index in [1.807, 2.05) is 36.4 Å². The highest BCUT2D eigenvalue weighted by Gasteiger charge is 2.13. The summed E-state index contributed by atoms with van der Waals surface area (Å²) in [4.78, 5) is 29.0. The number of amides is 1. The molecule has 33 heavy (non-hydrogen) atoms. The molecule has 4 aromatic rings. The van der Waals surface area contributed by atoms with Crippen molar-refractivity contribution in [2.75, 3.05) is 11.9 Å². The number of anilines is 1. The average molecular weight is 494 g/mol. The first-order valence-electron chi connectivity index (χ1n) is 9.76. The first-order valence-corrected chi connectivity index (χ1v) is 11.9. The molecule has 0 spiro atoms. The van der Waals surface area contributed by atoms with Crippen LogP contribution in [0.4, 0.5) is 5.69 Å². The third-order valence-electron chi connectivity index (χ3n) is 4.54. The molecule has 164 valence electrons. The molecule has 4 rings (SSSR count). The molecule has 1 amide bonds. The van der Waals surface area contributed by atoms with Crippen molar-refractivity contribution < 1.29 is 14.3 Å². The molecular formula is C24H16ClN3O3S2. The van der Waals surface area contributed by atoms with Gasteiger partial charge < -0.3 is 10.1 Å². The molecule has 0 saturated heterocycles. The van der Waals surface area contributed by atoms with E-state index < -0.39 is 18.5 Å². The van der Waals surface area contributed by atoms with E-state index in [4.69, 9.17) is 21.6 Å². The second-order valence-corrected chi connectivity index (χ2v) is 9.55. The maximum atomic E-state index is 12.3. The third kappa shape index (κ3) is 5.90. The summed E-state index contributed by atoms with van der Waals surface area (Å²) in [6.45, 7) is -0.481. The number of carbonyl (C=O) groups excluding carboxylic acids is 2. The number of benzene rings is 3. The number of esters is 1. The number of aromatic nitrogens is 1. The fourth-order valence-corrected chi connectivity index (χ4v) is 5.11. The molecule has 0 aliphatic carbocycles. The number of rotatable bonds is 7. The maximum Gasteiger partial charge on any atom is 0.338 e. The number of ether oxygens (including phenoxy) is 1. The van der Waals surface area contributed by atoms with Gasteiger partial charge in [-0.15, -0.1) is 11.3 Å². The summed E-state index contributed by atoms with van der Waals surface area (Å²) in [5.74, 6) is -0.452. The lowest BCUT2D eigenvalue weighted by Crippen LogP contribution is -2.21. The SMILES string of the molecule is N#Cc1ccc(Cl)cc1NC(=O)COC(=O)c1ccc(CSc2nc3ccccc3s2)cc1. The Morgan fingerprint density at radius 3 is 2.67 bits per heavy atom. The van der Waals surface area contributed by atoms with Crippen LogP contribution in [0.2, 0.25) is 5.02 Å². The first-order chi connectivity index (χ1) is 16.0. The van der Waals surface area contributed by atoms with Gasteiger partial charge in [0.1, 0.15) is 6.07 Å². The molecule has 0 bridgehead atoms. The Kier molecular flexibility index (Phi) is 7.25. The maximum absolute atomic E-state index is 12.3. The van der Waals surface area contributed by atoms with Crippen LogP contribution in [0.25, 0.3) is 10.2 Å². The fraction of sp³-hybridized carbons (Fsp3) is 0.0833. The normalized spacial score (nSPS) is 10.5. The van der Waals surface area contributed by atoms with Gasteiger partial charge in [0.15, 0.2) is 10.9 Å². The number of thiazole rings is 1. The second kappa shape index (κ2) is 10.5. The summed E-state index contributed by atoms with van der Waals surface area (Å²) in [7, 11) is 0. The van der Waals surface area contributed by atoms with Crippen molar-refractivity contribution in [3.8, 4) is 6.07 Å². The molecule has 1 aromatic heterocycles. The van der Waals surface area contributed by atoms with Crippen LogP contribution in [0.3, 0.4) is 0 Å². The molecule has 1 heterocycles. The van der Waals surface area contributed by atoms with Gasteiger partial charge in [0, 0.05) is 10.8 Å². The van der Waals surface area contributed by atoms with Gasteiger partial charge in [0.25, 0.3) is 5.91 Å². The second-order valence-electron chi connectivity index (χ2n) is 6.86. The van der Waals surface area contributed by atoms with Crippen LogP contribution in [-0.2, 0) is 15.3 Å². The zero-order valence-corrected chi connectivity index (χ0v) is 19.5. The van der Waals surface area contributed by atoms with Crippen LogP contribution in [-0.4, -0.2) is 23.5 Å². The van der Waals surface area contributed by atoms with Crippen LogP contribution < -0.4 is 5.32 Å². The minimum atomic E-state index is -0.609. The van der Waals surface area contributed by atoms with E-state index >= 15 is 0 Å². The highest BCUT2D eigenvalue weighted by molar-refractivity contribution is 8.00. The summed E-state index contributed by atoms with van der Waals surface area (Å²) < 4.78 is 7.23. The fourth-order valence-electron chi connectivity index (χ4n) is 2.91. The zero-order chi connectivity index (χ0) is 23.2. The van der Waals surface area contributed by atoms with E-state index in [1.165, 1.54) is 12.1 Å². The van der Waals surface area contributed by atoms with E-state index in [0.29, 0.717) is 10.6 Å². The summed E-state index contributed by atoms with van der Waals surface area (Å²) in [6.07, 6.45) is 0. The van der Waals surface area contributed by atoms with Gasteiger partial charge in [0.05, 0.1) is 27.0 Å². The Bertz CT molecular complexity index is 1330. The lowest BCUT2D eigenvalue weighted by molar-refractivity contribution is -0.119. The third-order valence-corrected chi connectivity index (χ3v) is 7.02. The molecule has 0 fully saturated rings. The number of fused-ring (bicyclic) bond motifs is 1. The van der Waals surface area contributed by atoms with Gasteiger partial charge in [-0.1, -0.05) is 47.6 Å². The smallest absolute Gasteiger partial charge is 0.338 e. The van der Waals surface area contributed by atoms with E-state index in [0.717, 1.165) is 25.9 Å². The Labute approximate surface area is 203 Å². The first kappa shape index (κ1) is 22.8. The lowest BCUT2D eigenvalue weighted by atomic mass is 10.1. The molecule has 6 nitrogen and oxygen atoms in total. The minimum Gasteiger partial charge on any atom is -0.452 e. The Balaban J connectivity index is 1.28. The van der Waals surface area contributed by atoms with Crippen molar-refractivity contribution in [2.45, 2.75) is 10.1 Å².